The molecule has 0 bridgehead atoms. The van der Waals surface area contributed by atoms with Gasteiger partial charge in [0.05, 0.1) is 4.92 Å². The number of hydrogen-bond donors (Lipinski definition) is 0. The number of nitro groups is 1. The predicted molar refractivity (Wildman–Crippen MR) is 81.2 cm³/mol. The van der Waals surface area contributed by atoms with E-state index in [1.807, 2.05) is 0 Å². The van der Waals surface area contributed by atoms with Crippen molar-refractivity contribution in [2.75, 3.05) is 5.88 Å². The second-order valence-electron chi connectivity index (χ2n) is 5.01. The Labute approximate surface area is 127 Å². The van der Waals surface area contributed by atoms with Gasteiger partial charge in [0.2, 0.25) is 0 Å². The van der Waals surface area contributed by atoms with Crippen molar-refractivity contribution in [1.29, 1.82) is 0 Å². The van der Waals surface area contributed by atoms with Crippen LogP contribution < -0.4 is 0 Å². The van der Waals surface area contributed by atoms with Crippen molar-refractivity contribution in [2.45, 2.75) is 26.3 Å². The van der Waals surface area contributed by atoms with E-state index in [4.69, 9.17) is 11.6 Å². The Morgan fingerprint density at radius 2 is 2.05 bits per heavy atom. The van der Waals surface area contributed by atoms with E-state index in [9.17, 15) is 10.1 Å². The minimum Gasteiger partial charge on any atom is -0.258 e. The van der Waals surface area contributed by atoms with Crippen molar-refractivity contribution in [1.82, 2.24) is 14.8 Å². The number of benzene rings is 1. The number of alkyl halides is 1. The maximum Gasteiger partial charge on any atom is 0.269 e. The van der Waals surface area contributed by atoms with E-state index in [0.29, 0.717) is 17.6 Å². The van der Waals surface area contributed by atoms with Crippen LogP contribution in [0.25, 0.3) is 11.4 Å². The second kappa shape index (κ2) is 7.17. The minimum atomic E-state index is -0.423. The van der Waals surface area contributed by atoms with Crippen molar-refractivity contribution >= 4 is 17.3 Å². The average molecular weight is 309 g/mol. The fourth-order valence-electron chi connectivity index (χ4n) is 1.95. The zero-order valence-corrected chi connectivity index (χ0v) is 12.5. The Bertz CT molecular complexity index is 597. The summed E-state index contributed by atoms with van der Waals surface area (Å²) in [5.74, 6) is 1.80. The Hall–Kier alpha value is -1.95. The fraction of sp³-hybridized carbons (Fsp3) is 0.429. The molecule has 1 atom stereocenters. The lowest BCUT2D eigenvalue weighted by Gasteiger charge is -2.08. The smallest absolute Gasteiger partial charge is 0.258 e. The van der Waals surface area contributed by atoms with Crippen molar-refractivity contribution in [3.05, 3.63) is 40.7 Å². The van der Waals surface area contributed by atoms with Gasteiger partial charge in [0.1, 0.15) is 6.33 Å². The molecule has 2 rings (SSSR count). The van der Waals surface area contributed by atoms with Gasteiger partial charge in [-0.25, -0.2) is 4.98 Å². The summed E-state index contributed by atoms with van der Waals surface area (Å²) in [5.41, 5.74) is 0.834. The lowest BCUT2D eigenvalue weighted by molar-refractivity contribution is -0.384. The molecule has 0 spiro atoms. The second-order valence-corrected chi connectivity index (χ2v) is 5.38. The molecule has 1 aromatic carbocycles. The zero-order valence-electron chi connectivity index (χ0n) is 11.8. The van der Waals surface area contributed by atoms with Gasteiger partial charge in [-0.2, -0.15) is 5.10 Å². The predicted octanol–water partition coefficient (Wildman–Crippen LogP) is 3.51. The molecule has 0 aliphatic carbocycles. The highest BCUT2D eigenvalue weighted by atomic mass is 35.5. The minimum absolute atomic E-state index is 0.0630. The quantitative estimate of drug-likeness (QED) is 0.445. The summed E-state index contributed by atoms with van der Waals surface area (Å²) < 4.78 is 1.79. The van der Waals surface area contributed by atoms with E-state index in [2.05, 4.69) is 17.0 Å². The van der Waals surface area contributed by atoms with Crippen molar-refractivity contribution in [3.63, 3.8) is 0 Å². The highest BCUT2D eigenvalue weighted by Crippen LogP contribution is 2.19. The summed E-state index contributed by atoms with van der Waals surface area (Å²) in [6.45, 7) is 2.95. The molecule has 1 unspecified atom stereocenters. The first-order valence-electron chi connectivity index (χ1n) is 6.80. The molecule has 7 heteroatoms. The van der Waals surface area contributed by atoms with Gasteiger partial charge in [0.15, 0.2) is 5.82 Å². The number of halogens is 1. The maximum absolute atomic E-state index is 10.6. The summed E-state index contributed by atoms with van der Waals surface area (Å²) in [4.78, 5) is 14.4. The van der Waals surface area contributed by atoms with Crippen LogP contribution in [0.3, 0.4) is 0 Å². The normalized spacial score (nSPS) is 12.3. The Balaban J connectivity index is 2.00. The van der Waals surface area contributed by atoms with Crippen LogP contribution in [0.4, 0.5) is 5.69 Å². The summed E-state index contributed by atoms with van der Waals surface area (Å²) in [6, 6.07) is 6.24. The van der Waals surface area contributed by atoms with E-state index in [1.165, 1.54) is 12.1 Å². The van der Waals surface area contributed by atoms with E-state index in [-0.39, 0.29) is 5.69 Å². The SMILES string of the molecule is CC(CCCl)CCn1cnc(-c2ccc([N+](=O)[O-])cc2)n1. The number of nitrogens with zero attached hydrogens (tertiary/aromatic N) is 4. The number of nitro benzene ring substituents is 1. The molecule has 0 N–H and O–H groups in total. The zero-order chi connectivity index (χ0) is 15.2. The van der Waals surface area contributed by atoms with Gasteiger partial charge >= 0.3 is 0 Å². The van der Waals surface area contributed by atoms with Crippen molar-refractivity contribution in [3.8, 4) is 11.4 Å². The molecular formula is C14H17ClN4O2. The summed E-state index contributed by atoms with van der Waals surface area (Å²) in [7, 11) is 0. The highest BCUT2D eigenvalue weighted by Gasteiger charge is 2.09. The van der Waals surface area contributed by atoms with Gasteiger partial charge in [0.25, 0.3) is 5.69 Å². The van der Waals surface area contributed by atoms with E-state index in [1.54, 1.807) is 23.1 Å². The average Bonchev–Trinajstić information content (AvgIpc) is 2.94. The van der Waals surface area contributed by atoms with Gasteiger partial charge in [-0.3, -0.25) is 14.8 Å². The molecule has 0 saturated carbocycles. The van der Waals surface area contributed by atoms with Gasteiger partial charge in [-0.1, -0.05) is 6.92 Å². The van der Waals surface area contributed by atoms with Gasteiger partial charge in [0, 0.05) is 30.1 Å². The van der Waals surface area contributed by atoms with Crippen LogP contribution in [0.2, 0.25) is 0 Å². The molecule has 6 nitrogen and oxygen atoms in total. The first kappa shape index (κ1) is 15.4. The van der Waals surface area contributed by atoms with Crippen LogP contribution in [0.1, 0.15) is 19.8 Å². The maximum atomic E-state index is 10.6. The van der Waals surface area contributed by atoms with Crippen molar-refractivity contribution in [2.24, 2.45) is 5.92 Å². The van der Waals surface area contributed by atoms with Crippen LogP contribution in [-0.2, 0) is 6.54 Å². The third-order valence-electron chi connectivity index (χ3n) is 3.33. The number of rotatable bonds is 7. The third kappa shape index (κ3) is 4.26. The highest BCUT2D eigenvalue weighted by molar-refractivity contribution is 6.17. The molecule has 0 radical (unpaired) electrons. The lowest BCUT2D eigenvalue weighted by Crippen LogP contribution is -2.05. The first-order chi connectivity index (χ1) is 10.1. The van der Waals surface area contributed by atoms with E-state index in [0.717, 1.165) is 24.9 Å². The Kier molecular flexibility index (Phi) is 5.27. The number of aryl methyl sites for hydroxylation is 1. The van der Waals surface area contributed by atoms with Crippen molar-refractivity contribution < 1.29 is 4.92 Å². The largest absolute Gasteiger partial charge is 0.269 e. The molecule has 1 heterocycles. The summed E-state index contributed by atoms with van der Waals surface area (Å²) >= 11 is 5.71. The van der Waals surface area contributed by atoms with Crippen LogP contribution in [0.15, 0.2) is 30.6 Å². The van der Waals surface area contributed by atoms with Gasteiger partial charge < -0.3 is 0 Å². The number of aromatic nitrogens is 3. The monoisotopic (exact) mass is 308 g/mol. The fourth-order valence-corrected chi connectivity index (χ4v) is 2.32. The van der Waals surface area contributed by atoms with E-state index < -0.39 is 4.92 Å². The molecule has 0 amide bonds. The molecule has 0 fully saturated rings. The molecule has 0 aliphatic heterocycles. The molecule has 1 aromatic heterocycles. The standard InChI is InChI=1S/C14H17ClN4O2/c1-11(6-8-15)7-9-18-10-16-14(17-18)12-2-4-13(5-3-12)19(20)21/h2-5,10-11H,6-9H2,1H3. The van der Waals surface area contributed by atoms with E-state index >= 15 is 0 Å². The number of non-ortho nitro benzene ring substituents is 1. The molecule has 21 heavy (non-hydrogen) atoms. The Morgan fingerprint density at radius 3 is 2.67 bits per heavy atom. The summed E-state index contributed by atoms with van der Waals surface area (Å²) in [5, 5.41) is 15.0. The first-order valence-corrected chi connectivity index (χ1v) is 7.34. The van der Waals surface area contributed by atoms with Crippen LogP contribution in [-0.4, -0.2) is 25.6 Å². The lowest BCUT2D eigenvalue weighted by atomic mass is 10.1. The number of hydrogen-bond acceptors (Lipinski definition) is 4. The molecular weight excluding hydrogens is 292 g/mol. The van der Waals surface area contributed by atoms with Crippen LogP contribution >= 0.6 is 11.6 Å². The van der Waals surface area contributed by atoms with Crippen LogP contribution in [0, 0.1) is 16.0 Å². The molecule has 112 valence electrons. The molecule has 0 saturated heterocycles. The Morgan fingerprint density at radius 1 is 1.33 bits per heavy atom. The molecule has 0 aliphatic rings. The van der Waals surface area contributed by atoms with Crippen LogP contribution in [0.5, 0.6) is 0 Å². The third-order valence-corrected chi connectivity index (χ3v) is 3.54. The van der Waals surface area contributed by atoms with Gasteiger partial charge in [-0.05, 0) is 30.9 Å². The topological polar surface area (TPSA) is 73.8 Å². The molecule has 2 aromatic rings. The van der Waals surface area contributed by atoms with Gasteiger partial charge in [-0.15, -0.1) is 11.6 Å². The summed E-state index contributed by atoms with van der Waals surface area (Å²) in [6.07, 6.45) is 3.67.